The molecular formula is C40H28N4. The Labute approximate surface area is 255 Å². The molecular weight excluding hydrogens is 536 g/mol. The molecule has 0 saturated heterocycles. The molecule has 0 aliphatic heterocycles. The Bertz CT molecular complexity index is 2330. The summed E-state index contributed by atoms with van der Waals surface area (Å²) in [4.78, 5) is 14.7. The molecule has 8 aromatic rings. The Morgan fingerprint density at radius 3 is 1.68 bits per heavy atom. The lowest BCUT2D eigenvalue weighted by atomic mass is 9.96. The molecule has 0 bridgehead atoms. The zero-order valence-electron chi connectivity index (χ0n) is 24.5. The van der Waals surface area contributed by atoms with Gasteiger partial charge in [-0.2, -0.15) is 0 Å². The topological polar surface area (TPSA) is 43.6 Å². The van der Waals surface area contributed by atoms with E-state index >= 15 is 0 Å². The molecule has 0 saturated carbocycles. The lowest BCUT2D eigenvalue weighted by Gasteiger charge is -2.16. The Balaban J connectivity index is 1.24. The molecule has 0 atom stereocenters. The fourth-order valence-corrected chi connectivity index (χ4v) is 6.91. The van der Waals surface area contributed by atoms with Gasteiger partial charge in [-0.25, -0.2) is 15.0 Å². The molecule has 1 aliphatic carbocycles. The summed E-state index contributed by atoms with van der Waals surface area (Å²) in [6, 6.07) is 44.8. The van der Waals surface area contributed by atoms with Gasteiger partial charge in [-0.3, -0.25) is 0 Å². The third-order valence-electron chi connectivity index (χ3n) is 8.94. The van der Waals surface area contributed by atoms with Gasteiger partial charge in [0.05, 0.1) is 11.0 Å². The second-order valence-corrected chi connectivity index (χ2v) is 11.9. The van der Waals surface area contributed by atoms with E-state index in [-0.39, 0.29) is 0 Å². The summed E-state index contributed by atoms with van der Waals surface area (Å²) in [5, 5.41) is 5.41. The third-order valence-corrected chi connectivity index (χ3v) is 8.94. The van der Waals surface area contributed by atoms with E-state index in [1.165, 1.54) is 49.3 Å². The molecule has 0 fully saturated rings. The van der Waals surface area contributed by atoms with Crippen molar-refractivity contribution in [2.45, 2.75) is 19.8 Å². The predicted molar refractivity (Wildman–Crippen MR) is 181 cm³/mol. The summed E-state index contributed by atoms with van der Waals surface area (Å²) < 4.78 is 2.46. The fraction of sp³-hybridized carbons (Fsp3) is 0.0750. The van der Waals surface area contributed by atoms with Gasteiger partial charge < -0.3 is 4.57 Å². The largest absolute Gasteiger partial charge is 0.309 e. The van der Waals surface area contributed by atoms with Crippen LogP contribution in [0.25, 0.3) is 83.6 Å². The lowest BCUT2D eigenvalue weighted by Crippen LogP contribution is -2.01. The number of nitrogens with zero attached hydrogens (tertiary/aromatic N) is 4. The normalized spacial score (nSPS) is 12.1. The van der Waals surface area contributed by atoms with Gasteiger partial charge in [0.2, 0.25) is 0 Å². The first-order valence-electron chi connectivity index (χ1n) is 15.2. The summed E-state index contributed by atoms with van der Waals surface area (Å²) in [6.07, 6.45) is 0. The molecule has 208 valence electrons. The van der Waals surface area contributed by atoms with Crippen molar-refractivity contribution in [2.24, 2.45) is 0 Å². The first kappa shape index (κ1) is 24.9. The summed E-state index contributed by atoms with van der Waals surface area (Å²) in [6.45, 7) is 4.57. The number of aromatic nitrogens is 4. The molecule has 1 aliphatic rings. The molecule has 44 heavy (non-hydrogen) atoms. The van der Waals surface area contributed by atoms with E-state index in [9.17, 15) is 0 Å². The van der Waals surface area contributed by atoms with Crippen LogP contribution in [-0.2, 0) is 0 Å². The number of benzene rings is 6. The van der Waals surface area contributed by atoms with Gasteiger partial charge in [0.1, 0.15) is 0 Å². The van der Waals surface area contributed by atoms with E-state index in [4.69, 9.17) is 15.0 Å². The minimum absolute atomic E-state index is 0.392. The van der Waals surface area contributed by atoms with Crippen LogP contribution in [0.1, 0.15) is 25.3 Å². The van der Waals surface area contributed by atoms with Gasteiger partial charge in [0, 0.05) is 33.2 Å². The molecule has 4 nitrogen and oxygen atoms in total. The minimum atomic E-state index is 0.392. The van der Waals surface area contributed by atoms with Crippen molar-refractivity contribution < 1.29 is 0 Å². The smallest absolute Gasteiger partial charge is 0.164 e. The van der Waals surface area contributed by atoms with Gasteiger partial charge in [0.25, 0.3) is 0 Å². The Kier molecular flexibility index (Phi) is 5.36. The van der Waals surface area contributed by atoms with Crippen molar-refractivity contribution in [3.8, 4) is 51.0 Å². The van der Waals surface area contributed by atoms with Crippen molar-refractivity contribution >= 4 is 32.6 Å². The second-order valence-electron chi connectivity index (χ2n) is 11.9. The average Bonchev–Trinajstić information content (AvgIpc) is 3.61. The Morgan fingerprint density at radius 2 is 1.07 bits per heavy atom. The highest BCUT2D eigenvalue weighted by Gasteiger charge is 2.27. The molecule has 0 unspecified atom stereocenters. The Hall–Kier alpha value is -5.61. The summed E-state index contributed by atoms with van der Waals surface area (Å²) in [7, 11) is 0. The van der Waals surface area contributed by atoms with Gasteiger partial charge in [0.15, 0.2) is 17.5 Å². The highest BCUT2D eigenvalue weighted by molar-refractivity contribution is 6.34. The van der Waals surface area contributed by atoms with Gasteiger partial charge in [-0.15, -0.1) is 0 Å². The van der Waals surface area contributed by atoms with Crippen molar-refractivity contribution in [3.05, 3.63) is 133 Å². The van der Waals surface area contributed by atoms with E-state index in [1.54, 1.807) is 0 Å². The fourth-order valence-electron chi connectivity index (χ4n) is 6.91. The SMILES string of the molecule is CC(C)c1ccc2c3c4c5c-2cccc5ccc4n(-c2ccc(-c4nc(-c5ccccc5)nc(-c5ccccc5)n4)cc2)c13. The van der Waals surface area contributed by atoms with Crippen molar-refractivity contribution in [3.63, 3.8) is 0 Å². The van der Waals surface area contributed by atoms with Gasteiger partial charge >= 0.3 is 0 Å². The maximum Gasteiger partial charge on any atom is 0.164 e. The predicted octanol–water partition coefficient (Wildman–Crippen LogP) is 10.2. The first-order valence-corrected chi connectivity index (χ1v) is 15.2. The van der Waals surface area contributed by atoms with E-state index in [0.29, 0.717) is 23.4 Å². The third kappa shape index (κ3) is 3.61. The molecule has 0 amide bonds. The molecule has 0 radical (unpaired) electrons. The molecule has 0 N–H and O–H groups in total. The van der Waals surface area contributed by atoms with Crippen LogP contribution in [0.4, 0.5) is 0 Å². The van der Waals surface area contributed by atoms with E-state index in [0.717, 1.165) is 22.4 Å². The lowest BCUT2D eigenvalue weighted by molar-refractivity contribution is 0.870. The summed E-state index contributed by atoms with van der Waals surface area (Å²) >= 11 is 0. The van der Waals surface area contributed by atoms with E-state index in [2.05, 4.69) is 85.1 Å². The average molecular weight is 565 g/mol. The van der Waals surface area contributed by atoms with Gasteiger partial charge in [-0.05, 0) is 63.7 Å². The van der Waals surface area contributed by atoms with Crippen LogP contribution >= 0.6 is 0 Å². The van der Waals surface area contributed by atoms with E-state index in [1.807, 2.05) is 60.7 Å². The molecule has 2 heterocycles. The number of hydrogen-bond donors (Lipinski definition) is 0. The quantitative estimate of drug-likeness (QED) is 0.209. The van der Waals surface area contributed by atoms with Crippen LogP contribution < -0.4 is 0 Å². The highest BCUT2D eigenvalue weighted by atomic mass is 15.0. The van der Waals surface area contributed by atoms with Crippen LogP contribution in [0.2, 0.25) is 0 Å². The van der Waals surface area contributed by atoms with Crippen LogP contribution in [0.5, 0.6) is 0 Å². The standard InChI is InChI=1S/C40H28N4/c1-24(2)30-21-22-32-31-15-9-14-25-18-23-33-36(34(25)31)35(32)37(30)44(33)29-19-16-28(17-20-29)40-42-38(26-10-5-3-6-11-26)41-39(43-40)27-12-7-4-8-13-27/h3-24H,1-2H3. The van der Waals surface area contributed by atoms with Crippen molar-refractivity contribution in [1.29, 1.82) is 0 Å². The molecule has 4 heteroatoms. The second kappa shape index (κ2) is 9.45. The first-order chi connectivity index (χ1) is 21.7. The Morgan fingerprint density at radius 1 is 0.477 bits per heavy atom. The molecule has 2 aromatic heterocycles. The van der Waals surface area contributed by atoms with Gasteiger partial charge in [-0.1, -0.05) is 111 Å². The molecule has 0 spiro atoms. The number of hydrogen-bond acceptors (Lipinski definition) is 3. The van der Waals surface area contributed by atoms with Crippen LogP contribution in [-0.4, -0.2) is 19.5 Å². The summed E-state index contributed by atoms with van der Waals surface area (Å²) in [5.41, 5.74) is 10.6. The maximum atomic E-state index is 4.94. The highest BCUT2D eigenvalue weighted by Crippen LogP contribution is 2.51. The molecule has 9 rings (SSSR count). The summed E-state index contributed by atoms with van der Waals surface area (Å²) in [5.74, 6) is 2.39. The minimum Gasteiger partial charge on any atom is -0.309 e. The zero-order valence-corrected chi connectivity index (χ0v) is 24.5. The van der Waals surface area contributed by atoms with Crippen LogP contribution in [0.3, 0.4) is 0 Å². The van der Waals surface area contributed by atoms with Crippen LogP contribution in [0, 0.1) is 0 Å². The number of rotatable bonds is 5. The van der Waals surface area contributed by atoms with E-state index < -0.39 is 0 Å². The van der Waals surface area contributed by atoms with Crippen LogP contribution in [0.15, 0.2) is 127 Å². The van der Waals surface area contributed by atoms with Crippen molar-refractivity contribution in [2.75, 3.05) is 0 Å². The maximum absolute atomic E-state index is 4.94. The zero-order chi connectivity index (χ0) is 29.4. The van der Waals surface area contributed by atoms with Crippen molar-refractivity contribution in [1.82, 2.24) is 19.5 Å². The monoisotopic (exact) mass is 564 g/mol. The molecule has 6 aromatic carbocycles. The number of fused-ring (bicyclic) bond motifs is 1.